The molecule has 27 heavy (non-hydrogen) atoms. The summed E-state index contributed by atoms with van der Waals surface area (Å²) in [4.78, 5) is 34.8. The molecule has 5 N–H and O–H groups in total. The molecule has 0 radical (unpaired) electrons. The van der Waals surface area contributed by atoms with Crippen molar-refractivity contribution in [3.8, 4) is 5.69 Å². The Morgan fingerprint density at radius 1 is 1.30 bits per heavy atom. The van der Waals surface area contributed by atoms with Gasteiger partial charge in [0.2, 0.25) is 5.91 Å². The first kappa shape index (κ1) is 20.0. The zero-order valence-corrected chi connectivity index (χ0v) is 15.4. The van der Waals surface area contributed by atoms with Crippen molar-refractivity contribution < 1.29 is 19.5 Å². The molecule has 0 aliphatic carbocycles. The third-order valence-corrected chi connectivity index (χ3v) is 4.10. The molecule has 1 aromatic carbocycles. The summed E-state index contributed by atoms with van der Waals surface area (Å²) >= 11 is 0. The molecule has 9 nitrogen and oxygen atoms in total. The molecule has 0 atom stereocenters. The number of nitrogens with two attached hydrogens (primary N) is 1. The Kier molecular flexibility index (Phi) is 5.84. The normalized spacial score (nSPS) is 11.1. The van der Waals surface area contributed by atoms with Gasteiger partial charge in [0.25, 0.3) is 0 Å². The van der Waals surface area contributed by atoms with Crippen LogP contribution < -0.4 is 16.4 Å². The number of hydrogen-bond acceptors (Lipinski definition) is 4. The summed E-state index contributed by atoms with van der Waals surface area (Å²) in [7, 11) is 0. The first-order chi connectivity index (χ1) is 12.6. The lowest BCUT2D eigenvalue weighted by molar-refractivity contribution is -0.147. The van der Waals surface area contributed by atoms with Crippen molar-refractivity contribution in [3.05, 3.63) is 41.7 Å². The number of primary amides is 1. The Bertz CT molecular complexity index is 872. The second-order valence-corrected chi connectivity index (χ2v) is 6.88. The van der Waals surface area contributed by atoms with Gasteiger partial charge in [-0.2, -0.15) is 5.10 Å². The van der Waals surface area contributed by atoms with E-state index in [1.54, 1.807) is 43.1 Å². The van der Waals surface area contributed by atoms with Crippen molar-refractivity contribution >= 4 is 23.6 Å². The molecule has 0 saturated carbocycles. The van der Waals surface area contributed by atoms with Crippen LogP contribution in [0.2, 0.25) is 0 Å². The van der Waals surface area contributed by atoms with Gasteiger partial charge in [0.1, 0.15) is 0 Å². The number of anilines is 1. The van der Waals surface area contributed by atoms with Gasteiger partial charge in [-0.3, -0.25) is 9.59 Å². The van der Waals surface area contributed by atoms with Crippen LogP contribution in [-0.2, 0) is 4.79 Å². The maximum atomic E-state index is 12.2. The molecule has 1 aromatic heterocycles. The van der Waals surface area contributed by atoms with Crippen LogP contribution in [0.5, 0.6) is 0 Å². The summed E-state index contributed by atoms with van der Waals surface area (Å²) in [5.74, 6) is -1.56. The monoisotopic (exact) mass is 373 g/mol. The molecule has 0 bridgehead atoms. The third kappa shape index (κ3) is 5.06. The van der Waals surface area contributed by atoms with Gasteiger partial charge in [0.15, 0.2) is 0 Å². The minimum Gasteiger partial charge on any atom is -0.481 e. The summed E-state index contributed by atoms with van der Waals surface area (Å²) in [6, 6.07) is 4.13. The average molecular weight is 373 g/mol. The van der Waals surface area contributed by atoms with E-state index in [4.69, 9.17) is 10.8 Å². The lowest BCUT2D eigenvalue weighted by atomic mass is 9.90. The molecule has 9 heteroatoms. The summed E-state index contributed by atoms with van der Waals surface area (Å²) in [6.07, 6.45) is 3.71. The van der Waals surface area contributed by atoms with Gasteiger partial charge < -0.3 is 21.5 Å². The predicted molar refractivity (Wildman–Crippen MR) is 99.9 cm³/mol. The number of carbonyl (C=O) groups is 3. The van der Waals surface area contributed by atoms with Crippen molar-refractivity contribution in [2.75, 3.05) is 11.9 Å². The highest BCUT2D eigenvalue weighted by atomic mass is 16.4. The second kappa shape index (κ2) is 7.90. The van der Waals surface area contributed by atoms with Crippen molar-refractivity contribution in [2.24, 2.45) is 11.1 Å². The fraction of sp³-hybridized carbons (Fsp3) is 0.333. The number of carboxylic acid groups (broad SMARTS) is 1. The average Bonchev–Trinajstić information content (AvgIpc) is 3.00. The van der Waals surface area contributed by atoms with E-state index >= 15 is 0 Å². The van der Waals surface area contributed by atoms with Gasteiger partial charge >= 0.3 is 12.0 Å². The van der Waals surface area contributed by atoms with Crippen molar-refractivity contribution in [1.29, 1.82) is 0 Å². The van der Waals surface area contributed by atoms with E-state index in [1.807, 2.05) is 6.92 Å². The SMILES string of the molecule is Cc1cnn(-c2ccc(C(N)=O)cc2NC(=O)NCCC(C)(C)C(=O)O)c1. The molecule has 0 spiro atoms. The molecule has 1 heterocycles. The van der Waals surface area contributed by atoms with E-state index in [0.717, 1.165) is 5.56 Å². The van der Waals surface area contributed by atoms with Gasteiger partial charge in [-0.05, 0) is 51.0 Å². The lowest BCUT2D eigenvalue weighted by Gasteiger charge is -2.19. The molecule has 0 fully saturated rings. The number of nitrogens with one attached hydrogen (secondary N) is 2. The fourth-order valence-corrected chi connectivity index (χ4v) is 2.30. The van der Waals surface area contributed by atoms with Gasteiger partial charge in [0.05, 0.1) is 23.0 Å². The topological polar surface area (TPSA) is 139 Å². The number of hydrogen-bond donors (Lipinski definition) is 4. The fourth-order valence-electron chi connectivity index (χ4n) is 2.30. The van der Waals surface area contributed by atoms with Crippen LogP contribution in [0, 0.1) is 12.3 Å². The maximum absolute atomic E-state index is 12.2. The third-order valence-electron chi connectivity index (χ3n) is 4.10. The number of rotatable bonds is 7. The lowest BCUT2D eigenvalue weighted by Crippen LogP contribution is -2.34. The maximum Gasteiger partial charge on any atom is 0.319 e. The zero-order chi connectivity index (χ0) is 20.2. The number of benzene rings is 1. The van der Waals surface area contributed by atoms with Crippen LogP contribution in [0.1, 0.15) is 36.2 Å². The largest absolute Gasteiger partial charge is 0.481 e. The summed E-state index contributed by atoms with van der Waals surface area (Å²) in [5, 5.41) is 18.6. The number of amides is 3. The van der Waals surface area contributed by atoms with Crippen molar-refractivity contribution in [3.63, 3.8) is 0 Å². The molecule has 0 aliphatic rings. The first-order valence-electron chi connectivity index (χ1n) is 8.34. The van der Waals surface area contributed by atoms with Crippen LogP contribution >= 0.6 is 0 Å². The smallest absolute Gasteiger partial charge is 0.319 e. The predicted octanol–water partition coefficient (Wildman–Crippen LogP) is 1.90. The number of aryl methyl sites for hydroxylation is 1. The van der Waals surface area contributed by atoms with Crippen LogP contribution in [0.4, 0.5) is 10.5 Å². The minimum atomic E-state index is -0.948. The van der Waals surface area contributed by atoms with Gasteiger partial charge in [-0.25, -0.2) is 9.48 Å². The van der Waals surface area contributed by atoms with E-state index in [0.29, 0.717) is 11.4 Å². The van der Waals surface area contributed by atoms with Crippen LogP contribution in [-0.4, -0.2) is 39.3 Å². The minimum absolute atomic E-state index is 0.177. The number of aliphatic carboxylic acids is 1. The second-order valence-electron chi connectivity index (χ2n) is 6.88. The van der Waals surface area contributed by atoms with Crippen molar-refractivity contribution in [2.45, 2.75) is 27.2 Å². The number of aromatic nitrogens is 2. The quantitative estimate of drug-likeness (QED) is 0.587. The molecule has 0 aliphatic heterocycles. The Morgan fingerprint density at radius 2 is 2.00 bits per heavy atom. The van der Waals surface area contributed by atoms with E-state index in [1.165, 1.54) is 6.07 Å². The van der Waals surface area contributed by atoms with Crippen LogP contribution in [0.3, 0.4) is 0 Å². The number of carboxylic acids is 1. The van der Waals surface area contributed by atoms with Crippen LogP contribution in [0.25, 0.3) is 5.69 Å². The van der Waals surface area contributed by atoms with Crippen LogP contribution in [0.15, 0.2) is 30.6 Å². The number of nitrogens with zero attached hydrogens (tertiary/aromatic N) is 2. The van der Waals surface area contributed by atoms with E-state index in [-0.39, 0.29) is 18.5 Å². The van der Waals surface area contributed by atoms with E-state index < -0.39 is 23.3 Å². The van der Waals surface area contributed by atoms with Gasteiger partial charge in [-0.1, -0.05) is 0 Å². The highest BCUT2D eigenvalue weighted by Crippen LogP contribution is 2.22. The van der Waals surface area contributed by atoms with Crippen molar-refractivity contribution in [1.82, 2.24) is 15.1 Å². The molecule has 2 aromatic rings. The van der Waals surface area contributed by atoms with Gasteiger partial charge in [0, 0.05) is 18.3 Å². The first-order valence-corrected chi connectivity index (χ1v) is 8.34. The molecule has 0 unspecified atom stereocenters. The standard InChI is InChI=1S/C18H23N5O4/c1-11-9-21-23(10-11)14-5-4-12(15(19)24)8-13(14)22-17(27)20-7-6-18(2,3)16(25)26/h4-5,8-10H,6-7H2,1-3H3,(H2,19,24)(H,25,26)(H2,20,22,27). The zero-order valence-electron chi connectivity index (χ0n) is 15.4. The Hall–Kier alpha value is -3.36. The highest BCUT2D eigenvalue weighted by molar-refractivity contribution is 5.97. The molecular formula is C18H23N5O4. The summed E-state index contributed by atoms with van der Waals surface area (Å²) in [5.41, 5.74) is 6.46. The Labute approximate surface area is 156 Å². The highest BCUT2D eigenvalue weighted by Gasteiger charge is 2.26. The molecule has 2 rings (SSSR count). The Balaban J connectivity index is 2.15. The van der Waals surface area contributed by atoms with Gasteiger partial charge in [-0.15, -0.1) is 0 Å². The van der Waals surface area contributed by atoms with E-state index in [2.05, 4.69) is 15.7 Å². The molecule has 0 saturated heterocycles. The molecular weight excluding hydrogens is 350 g/mol. The summed E-state index contributed by atoms with van der Waals surface area (Å²) in [6.45, 7) is 5.23. The number of urea groups is 1. The number of carbonyl (C=O) groups excluding carboxylic acids is 2. The summed E-state index contributed by atoms with van der Waals surface area (Å²) < 4.78 is 1.57. The Morgan fingerprint density at radius 3 is 2.56 bits per heavy atom. The van der Waals surface area contributed by atoms with E-state index in [9.17, 15) is 14.4 Å². The molecule has 3 amide bonds. The molecule has 144 valence electrons.